The number of hydrogen-bond acceptors (Lipinski definition) is 7. The van der Waals surface area contributed by atoms with E-state index in [0.717, 1.165) is 17.7 Å². The first kappa shape index (κ1) is 20.8. The molecule has 1 atom stereocenters. The van der Waals surface area contributed by atoms with E-state index in [2.05, 4.69) is 10.1 Å². The summed E-state index contributed by atoms with van der Waals surface area (Å²) in [7, 11) is 2.91. The van der Waals surface area contributed by atoms with Crippen molar-refractivity contribution < 1.29 is 14.3 Å². The second kappa shape index (κ2) is 8.35. The Balaban J connectivity index is 1.93. The van der Waals surface area contributed by atoms with E-state index >= 15 is 0 Å². The molecule has 160 valence electrons. The Labute approximate surface area is 182 Å². The Morgan fingerprint density at radius 2 is 2.00 bits per heavy atom. The monoisotopic (exact) mass is 438 g/mol. The molecule has 4 rings (SSSR count). The Hall–Kier alpha value is -3.46. The van der Waals surface area contributed by atoms with Gasteiger partial charge in [-0.3, -0.25) is 14.0 Å². The van der Waals surface area contributed by atoms with Crippen molar-refractivity contribution in [2.24, 2.45) is 4.99 Å². The Bertz CT molecular complexity index is 1350. The minimum atomic E-state index is -0.643. The predicted octanol–water partition coefficient (Wildman–Crippen LogP) is 1.63. The van der Waals surface area contributed by atoms with Crippen LogP contribution < -0.4 is 19.6 Å². The Morgan fingerprint density at radius 3 is 2.61 bits per heavy atom. The van der Waals surface area contributed by atoms with E-state index in [4.69, 9.17) is 9.47 Å². The fourth-order valence-electron chi connectivity index (χ4n) is 3.57. The van der Waals surface area contributed by atoms with Crippen molar-refractivity contribution in [3.63, 3.8) is 0 Å². The maximum absolute atomic E-state index is 13.4. The lowest BCUT2D eigenvalue weighted by Gasteiger charge is -2.24. The lowest BCUT2D eigenvalue weighted by Crippen LogP contribution is -2.39. The first-order chi connectivity index (χ1) is 15.0. The molecule has 1 aromatic carbocycles. The van der Waals surface area contributed by atoms with E-state index in [-0.39, 0.29) is 5.56 Å². The summed E-state index contributed by atoms with van der Waals surface area (Å²) in [4.78, 5) is 31.1. The van der Waals surface area contributed by atoms with Gasteiger partial charge in [0, 0.05) is 18.3 Å². The number of esters is 1. The van der Waals surface area contributed by atoms with Crippen LogP contribution in [0.4, 0.5) is 0 Å². The summed E-state index contributed by atoms with van der Waals surface area (Å²) in [5, 5.41) is 4.26. The normalized spacial score (nSPS) is 16.1. The molecule has 0 saturated heterocycles. The second-order valence-corrected chi connectivity index (χ2v) is 7.99. The molecule has 8 nitrogen and oxygen atoms in total. The van der Waals surface area contributed by atoms with Crippen molar-refractivity contribution in [2.45, 2.75) is 26.4 Å². The van der Waals surface area contributed by atoms with Crippen LogP contribution in [0.1, 0.15) is 31.0 Å². The van der Waals surface area contributed by atoms with Crippen LogP contribution in [0.15, 0.2) is 57.7 Å². The highest BCUT2D eigenvalue weighted by Crippen LogP contribution is 2.31. The molecule has 0 aliphatic carbocycles. The second-order valence-electron chi connectivity index (χ2n) is 6.98. The fourth-order valence-corrected chi connectivity index (χ4v) is 4.62. The minimum absolute atomic E-state index is 0.220. The van der Waals surface area contributed by atoms with Gasteiger partial charge in [-0.05, 0) is 37.6 Å². The van der Waals surface area contributed by atoms with E-state index in [9.17, 15) is 9.59 Å². The molecule has 3 aromatic rings. The molecule has 0 N–H and O–H groups in total. The van der Waals surface area contributed by atoms with Gasteiger partial charge < -0.3 is 9.47 Å². The van der Waals surface area contributed by atoms with Crippen molar-refractivity contribution in [3.8, 4) is 5.75 Å². The molecule has 0 fully saturated rings. The highest BCUT2D eigenvalue weighted by molar-refractivity contribution is 7.07. The van der Waals surface area contributed by atoms with Crippen LogP contribution in [0.5, 0.6) is 5.75 Å². The number of hydrogen-bond donors (Lipinski definition) is 0. The van der Waals surface area contributed by atoms with Gasteiger partial charge in [0.1, 0.15) is 5.75 Å². The minimum Gasteiger partial charge on any atom is -0.497 e. The summed E-state index contributed by atoms with van der Waals surface area (Å²) < 4.78 is 14.1. The van der Waals surface area contributed by atoms with Gasteiger partial charge in [0.05, 0.1) is 42.3 Å². The number of carbonyl (C=O) groups is 1. The topological polar surface area (TPSA) is 87.7 Å². The van der Waals surface area contributed by atoms with E-state index in [1.807, 2.05) is 25.3 Å². The molecular formula is C22H22N4O4S. The van der Waals surface area contributed by atoms with Gasteiger partial charge in [0.2, 0.25) is 0 Å². The fraction of sp³-hybridized carbons (Fsp3) is 0.273. The molecule has 1 aliphatic heterocycles. The van der Waals surface area contributed by atoms with Crippen LogP contribution in [-0.2, 0) is 16.1 Å². The van der Waals surface area contributed by atoms with Crippen LogP contribution in [0.2, 0.25) is 0 Å². The number of rotatable bonds is 5. The Morgan fingerprint density at radius 1 is 1.26 bits per heavy atom. The largest absolute Gasteiger partial charge is 0.497 e. The van der Waals surface area contributed by atoms with Gasteiger partial charge in [-0.2, -0.15) is 5.10 Å². The van der Waals surface area contributed by atoms with E-state index < -0.39 is 12.0 Å². The summed E-state index contributed by atoms with van der Waals surface area (Å²) in [6.07, 6.45) is 5.39. The number of ether oxygens (including phenoxy) is 2. The number of nitrogens with zero attached hydrogens (tertiary/aromatic N) is 4. The van der Waals surface area contributed by atoms with Gasteiger partial charge >= 0.3 is 5.97 Å². The van der Waals surface area contributed by atoms with Crippen molar-refractivity contribution in [1.29, 1.82) is 0 Å². The van der Waals surface area contributed by atoms with Crippen LogP contribution in [-0.4, -0.2) is 34.5 Å². The van der Waals surface area contributed by atoms with Crippen molar-refractivity contribution >= 4 is 23.4 Å². The highest BCUT2D eigenvalue weighted by atomic mass is 32.1. The standard InChI is InChI=1S/C22H22N4O4S/c1-5-25-12-14(11-23-25)10-17-20(27)26-19(15-6-8-16(29-3)9-7-15)18(21(28)30-4)13(2)24-22(26)31-17/h6-12,19H,5H2,1-4H3/b17-10+/t19-/m0/s1. The van der Waals surface area contributed by atoms with Gasteiger partial charge in [-0.1, -0.05) is 23.5 Å². The summed E-state index contributed by atoms with van der Waals surface area (Å²) in [6, 6.07) is 6.64. The number of fused-ring (bicyclic) bond motifs is 1. The number of thiazole rings is 1. The Kier molecular flexibility index (Phi) is 5.60. The molecule has 31 heavy (non-hydrogen) atoms. The van der Waals surface area contributed by atoms with Crippen LogP contribution in [0, 0.1) is 0 Å². The van der Waals surface area contributed by atoms with Crippen LogP contribution in [0.25, 0.3) is 6.08 Å². The molecule has 0 bridgehead atoms. The molecule has 0 saturated carbocycles. The van der Waals surface area contributed by atoms with Gasteiger partial charge in [0.15, 0.2) is 4.80 Å². The number of aryl methyl sites for hydroxylation is 1. The quantitative estimate of drug-likeness (QED) is 0.565. The molecule has 0 spiro atoms. The number of allylic oxidation sites excluding steroid dienone is 1. The summed E-state index contributed by atoms with van der Waals surface area (Å²) in [6.45, 7) is 4.50. The molecule has 0 radical (unpaired) electrons. The number of methoxy groups -OCH3 is 2. The number of carbonyl (C=O) groups excluding carboxylic acids is 1. The molecule has 3 heterocycles. The summed E-state index contributed by atoms with van der Waals surface area (Å²) >= 11 is 1.29. The summed E-state index contributed by atoms with van der Waals surface area (Å²) in [5.41, 5.74) is 2.24. The molecule has 1 aliphatic rings. The van der Waals surface area contributed by atoms with Crippen molar-refractivity contribution in [2.75, 3.05) is 14.2 Å². The van der Waals surface area contributed by atoms with E-state index in [1.165, 1.54) is 18.4 Å². The van der Waals surface area contributed by atoms with Gasteiger partial charge in [-0.15, -0.1) is 0 Å². The molecular weight excluding hydrogens is 416 g/mol. The number of aromatic nitrogens is 3. The average molecular weight is 439 g/mol. The lowest BCUT2D eigenvalue weighted by atomic mass is 9.96. The maximum atomic E-state index is 13.4. The van der Waals surface area contributed by atoms with Crippen molar-refractivity contribution in [3.05, 3.63) is 78.7 Å². The highest BCUT2D eigenvalue weighted by Gasteiger charge is 2.33. The number of benzene rings is 1. The average Bonchev–Trinajstić information content (AvgIpc) is 3.36. The van der Waals surface area contributed by atoms with Crippen LogP contribution >= 0.6 is 11.3 Å². The van der Waals surface area contributed by atoms with E-state index in [0.29, 0.717) is 26.4 Å². The molecule has 0 amide bonds. The molecule has 0 unspecified atom stereocenters. The van der Waals surface area contributed by atoms with Gasteiger partial charge in [0.25, 0.3) is 5.56 Å². The lowest BCUT2D eigenvalue weighted by molar-refractivity contribution is -0.136. The first-order valence-electron chi connectivity index (χ1n) is 9.74. The van der Waals surface area contributed by atoms with Crippen LogP contribution in [0.3, 0.4) is 0 Å². The predicted molar refractivity (Wildman–Crippen MR) is 117 cm³/mol. The SMILES string of the molecule is CCn1cc(/C=c2/sc3n(c2=O)[C@@H](c2ccc(OC)cc2)C(C(=O)OC)=C(C)N=3)cn1. The zero-order valence-electron chi connectivity index (χ0n) is 17.7. The third-order valence-electron chi connectivity index (χ3n) is 5.13. The third kappa shape index (κ3) is 3.72. The van der Waals surface area contributed by atoms with Crippen molar-refractivity contribution in [1.82, 2.24) is 14.3 Å². The van der Waals surface area contributed by atoms with Gasteiger partial charge in [-0.25, -0.2) is 9.79 Å². The zero-order valence-corrected chi connectivity index (χ0v) is 18.5. The molecule has 9 heteroatoms. The zero-order chi connectivity index (χ0) is 22.1. The first-order valence-corrected chi connectivity index (χ1v) is 10.6. The smallest absolute Gasteiger partial charge is 0.338 e. The maximum Gasteiger partial charge on any atom is 0.338 e. The third-order valence-corrected chi connectivity index (χ3v) is 6.12. The molecule has 2 aromatic heterocycles. The summed E-state index contributed by atoms with van der Waals surface area (Å²) in [5.74, 6) is 0.171. The van der Waals surface area contributed by atoms with E-state index in [1.54, 1.807) is 47.7 Å².